The fourth-order valence-electron chi connectivity index (χ4n) is 0.699. The summed E-state index contributed by atoms with van der Waals surface area (Å²) >= 11 is -3.87. The molecule has 0 aromatic rings. The minimum absolute atomic E-state index is 0.199. The van der Waals surface area contributed by atoms with Gasteiger partial charge in [-0.1, -0.05) is 0 Å². The molecule has 0 aliphatic carbocycles. The third-order valence-corrected chi connectivity index (χ3v) is 5.22. The zero-order valence-corrected chi connectivity index (χ0v) is 7.71. The molecule has 0 aromatic carbocycles. The summed E-state index contributed by atoms with van der Waals surface area (Å²) < 4.78 is 25.2. The molecule has 0 aliphatic rings. The van der Waals surface area contributed by atoms with Crippen LogP contribution in [0.2, 0.25) is 10.6 Å². The molecule has 0 aromatic heterocycles. The zero-order valence-electron chi connectivity index (χ0n) is 5.99. The Hall–Kier alpha value is 0.379. The molecule has 0 rings (SSSR count). The molecule has 0 unspecified atom stereocenters. The molecule has 58 valence electrons. The van der Waals surface area contributed by atoms with E-state index < -0.39 is 13.8 Å². The molecule has 0 radical (unpaired) electrons. The van der Waals surface area contributed by atoms with Gasteiger partial charge in [-0.05, 0) is 0 Å². The van der Waals surface area contributed by atoms with E-state index in [-0.39, 0.29) is 10.6 Å². The number of halogens is 2. The Morgan fingerprint density at radius 2 is 1.33 bits per heavy atom. The van der Waals surface area contributed by atoms with E-state index in [1.165, 1.54) is 0 Å². The minimum atomic E-state index is -3.87. The van der Waals surface area contributed by atoms with Gasteiger partial charge in [-0.25, -0.2) is 0 Å². The predicted molar refractivity (Wildman–Crippen MR) is 38.2 cm³/mol. The van der Waals surface area contributed by atoms with Crippen LogP contribution < -0.4 is 0 Å². The summed E-state index contributed by atoms with van der Waals surface area (Å²) in [5.74, 6) is 0. The molecule has 0 aliphatic heterocycles. The van der Waals surface area contributed by atoms with Gasteiger partial charge in [0.1, 0.15) is 0 Å². The Labute approximate surface area is 58.8 Å². The fraction of sp³-hybridized carbons (Fsp3) is 1.00. The van der Waals surface area contributed by atoms with Crippen molar-refractivity contribution in [3.63, 3.8) is 0 Å². The van der Waals surface area contributed by atoms with Crippen molar-refractivity contribution in [2.75, 3.05) is 0 Å². The van der Waals surface area contributed by atoms with Crippen molar-refractivity contribution in [3.8, 4) is 0 Å². The molecule has 0 fully saturated rings. The normalized spacial score (nSPS) is 13.8. The summed E-state index contributed by atoms with van der Waals surface area (Å²) in [7, 11) is 0. The van der Waals surface area contributed by atoms with E-state index in [0.29, 0.717) is 12.8 Å². The van der Waals surface area contributed by atoms with Crippen molar-refractivity contribution >= 4 is 13.8 Å². The topological polar surface area (TPSA) is 0 Å². The van der Waals surface area contributed by atoms with Crippen LogP contribution in [0.1, 0.15) is 26.7 Å². The molecule has 0 saturated heterocycles. The maximum absolute atomic E-state index is 12.6. The molecule has 0 bridgehead atoms. The first kappa shape index (κ1) is 9.38. The van der Waals surface area contributed by atoms with E-state index in [9.17, 15) is 7.10 Å². The van der Waals surface area contributed by atoms with Crippen LogP contribution in [-0.4, -0.2) is 13.8 Å². The van der Waals surface area contributed by atoms with Crippen molar-refractivity contribution in [3.05, 3.63) is 0 Å². The molecule has 0 spiro atoms. The van der Waals surface area contributed by atoms with Crippen LogP contribution >= 0.6 is 0 Å². The second-order valence-corrected chi connectivity index (χ2v) is 6.75. The first-order valence-corrected chi connectivity index (χ1v) is 7.02. The van der Waals surface area contributed by atoms with Gasteiger partial charge in [0.2, 0.25) is 0 Å². The van der Waals surface area contributed by atoms with E-state index >= 15 is 0 Å². The molecular formula is C6H14F2Se. The molecular weight excluding hydrogens is 189 g/mol. The molecule has 0 amide bonds. The summed E-state index contributed by atoms with van der Waals surface area (Å²) in [6, 6.07) is 0. The molecule has 0 saturated carbocycles. The molecule has 9 heavy (non-hydrogen) atoms. The number of hydrogen-bond acceptors (Lipinski definition) is 0. The Kier molecular flexibility index (Phi) is 4.41. The summed E-state index contributed by atoms with van der Waals surface area (Å²) in [6.45, 7) is 3.64. The Balaban J connectivity index is 3.43. The number of hydrogen-bond donors (Lipinski definition) is 0. The fourth-order valence-corrected chi connectivity index (χ4v) is 3.63. The van der Waals surface area contributed by atoms with Crippen molar-refractivity contribution < 1.29 is 7.10 Å². The average molecular weight is 203 g/mol. The second-order valence-electron chi connectivity index (χ2n) is 2.11. The predicted octanol–water partition coefficient (Wildman–Crippen LogP) is 3.19. The van der Waals surface area contributed by atoms with E-state index in [0.717, 1.165) is 0 Å². The van der Waals surface area contributed by atoms with Crippen LogP contribution in [0.4, 0.5) is 7.10 Å². The van der Waals surface area contributed by atoms with Crippen molar-refractivity contribution in [2.24, 2.45) is 0 Å². The molecule has 0 nitrogen and oxygen atoms in total. The molecule has 0 N–H and O–H groups in total. The van der Waals surface area contributed by atoms with E-state index in [1.807, 2.05) is 13.8 Å². The monoisotopic (exact) mass is 204 g/mol. The van der Waals surface area contributed by atoms with Crippen LogP contribution in [0.5, 0.6) is 0 Å². The van der Waals surface area contributed by atoms with Crippen molar-refractivity contribution in [1.82, 2.24) is 0 Å². The molecule has 3 heteroatoms. The summed E-state index contributed by atoms with van der Waals surface area (Å²) in [5, 5.41) is 0.397. The van der Waals surface area contributed by atoms with Crippen LogP contribution in [-0.2, 0) is 0 Å². The standard InChI is InChI=1S/C6H14F2Se/c1-3-5-9(7,8)6-4-2/h3-6H2,1-2H3. The van der Waals surface area contributed by atoms with E-state index in [2.05, 4.69) is 0 Å². The van der Waals surface area contributed by atoms with Crippen LogP contribution in [0.15, 0.2) is 0 Å². The van der Waals surface area contributed by atoms with Gasteiger partial charge in [0.15, 0.2) is 0 Å². The third kappa shape index (κ3) is 4.86. The maximum atomic E-state index is 12.6. The van der Waals surface area contributed by atoms with Gasteiger partial charge in [0.05, 0.1) is 0 Å². The van der Waals surface area contributed by atoms with Gasteiger partial charge >= 0.3 is 58.2 Å². The SMILES string of the molecule is CCC[Se](F)(F)CCC. The average Bonchev–Trinajstić information content (AvgIpc) is 1.64. The zero-order chi connectivity index (χ0) is 7.33. The first-order valence-electron chi connectivity index (χ1n) is 3.30. The van der Waals surface area contributed by atoms with Gasteiger partial charge in [0.25, 0.3) is 0 Å². The summed E-state index contributed by atoms with van der Waals surface area (Å²) in [4.78, 5) is 0. The van der Waals surface area contributed by atoms with Gasteiger partial charge in [-0.15, -0.1) is 0 Å². The Bertz CT molecular complexity index is 65.5. The van der Waals surface area contributed by atoms with Gasteiger partial charge in [0, 0.05) is 0 Å². The molecule has 0 heterocycles. The van der Waals surface area contributed by atoms with Crippen LogP contribution in [0.3, 0.4) is 0 Å². The van der Waals surface area contributed by atoms with Crippen molar-refractivity contribution in [2.45, 2.75) is 37.3 Å². The van der Waals surface area contributed by atoms with E-state index in [4.69, 9.17) is 0 Å². The summed E-state index contributed by atoms with van der Waals surface area (Å²) in [5.41, 5.74) is 0. The van der Waals surface area contributed by atoms with E-state index in [1.54, 1.807) is 0 Å². The Morgan fingerprint density at radius 1 is 1.00 bits per heavy atom. The second kappa shape index (κ2) is 4.24. The quantitative estimate of drug-likeness (QED) is 0.615. The van der Waals surface area contributed by atoms with Gasteiger partial charge in [-0.2, -0.15) is 0 Å². The Morgan fingerprint density at radius 3 is 1.56 bits per heavy atom. The first-order chi connectivity index (χ1) is 4.12. The van der Waals surface area contributed by atoms with Crippen LogP contribution in [0, 0.1) is 0 Å². The molecule has 0 atom stereocenters. The van der Waals surface area contributed by atoms with Crippen molar-refractivity contribution in [1.29, 1.82) is 0 Å². The van der Waals surface area contributed by atoms with Gasteiger partial charge < -0.3 is 0 Å². The third-order valence-electron chi connectivity index (χ3n) is 1.01. The van der Waals surface area contributed by atoms with Crippen LogP contribution in [0.25, 0.3) is 0 Å². The number of rotatable bonds is 4. The summed E-state index contributed by atoms with van der Waals surface area (Å²) in [6.07, 6.45) is 1.29. The van der Waals surface area contributed by atoms with Gasteiger partial charge in [-0.3, -0.25) is 0 Å².